The molecular weight excluding hydrogens is 254 g/mol. The second-order valence-electron chi connectivity index (χ2n) is 5.47. The maximum Gasteiger partial charge on any atom is 0.319 e. The Kier molecular flexibility index (Phi) is 3.20. The van der Waals surface area contributed by atoms with Crippen LogP contribution in [0.2, 0.25) is 0 Å². The summed E-state index contributed by atoms with van der Waals surface area (Å²) in [6.07, 6.45) is 5.58. The number of rotatable bonds is 3. The number of hydrogen-bond acceptors (Lipinski definition) is 4. The van der Waals surface area contributed by atoms with Gasteiger partial charge < -0.3 is 4.74 Å². The summed E-state index contributed by atoms with van der Waals surface area (Å²) in [7, 11) is 0. The number of pyridine rings is 1. The minimum atomic E-state index is -0.620. The molecular formula is C15H19N3O2. The fourth-order valence-corrected chi connectivity index (χ4v) is 3.09. The Labute approximate surface area is 118 Å². The molecule has 3 rings (SSSR count). The van der Waals surface area contributed by atoms with Crippen molar-refractivity contribution in [1.82, 2.24) is 14.6 Å². The van der Waals surface area contributed by atoms with Crippen molar-refractivity contribution in [2.24, 2.45) is 0 Å². The van der Waals surface area contributed by atoms with Gasteiger partial charge in [-0.25, -0.2) is 0 Å². The van der Waals surface area contributed by atoms with E-state index in [1.165, 1.54) is 0 Å². The lowest BCUT2D eigenvalue weighted by Crippen LogP contribution is -2.36. The lowest BCUT2D eigenvalue weighted by atomic mass is 9.85. The molecule has 1 fully saturated rings. The SMILES string of the molecule is CCOC(=O)C1(c2nnc3cc(C)ccn23)CCCC1. The van der Waals surface area contributed by atoms with E-state index in [1.54, 1.807) is 0 Å². The first-order valence-electron chi connectivity index (χ1n) is 7.16. The van der Waals surface area contributed by atoms with Crippen molar-refractivity contribution in [2.75, 3.05) is 6.61 Å². The van der Waals surface area contributed by atoms with Gasteiger partial charge in [-0.2, -0.15) is 0 Å². The normalized spacial score (nSPS) is 17.5. The van der Waals surface area contributed by atoms with Crippen molar-refractivity contribution in [3.8, 4) is 0 Å². The summed E-state index contributed by atoms with van der Waals surface area (Å²) < 4.78 is 7.23. The average molecular weight is 273 g/mol. The summed E-state index contributed by atoms with van der Waals surface area (Å²) in [5.41, 5.74) is 1.30. The number of nitrogens with zero attached hydrogens (tertiary/aromatic N) is 3. The third-order valence-corrected chi connectivity index (χ3v) is 4.12. The van der Waals surface area contributed by atoms with Gasteiger partial charge in [0.05, 0.1) is 6.61 Å². The van der Waals surface area contributed by atoms with Crippen molar-refractivity contribution >= 4 is 11.6 Å². The lowest BCUT2D eigenvalue weighted by Gasteiger charge is -2.24. The van der Waals surface area contributed by atoms with E-state index in [0.717, 1.165) is 42.7 Å². The molecule has 0 unspecified atom stereocenters. The quantitative estimate of drug-likeness (QED) is 0.806. The van der Waals surface area contributed by atoms with Gasteiger partial charge in [0, 0.05) is 6.20 Å². The predicted molar refractivity (Wildman–Crippen MR) is 74.5 cm³/mol. The van der Waals surface area contributed by atoms with E-state index in [0.29, 0.717) is 6.61 Å². The van der Waals surface area contributed by atoms with Gasteiger partial charge in [0.15, 0.2) is 11.5 Å². The second-order valence-corrected chi connectivity index (χ2v) is 5.47. The molecule has 0 saturated heterocycles. The van der Waals surface area contributed by atoms with Gasteiger partial charge in [0.2, 0.25) is 0 Å². The molecule has 5 heteroatoms. The van der Waals surface area contributed by atoms with Crippen molar-refractivity contribution in [3.63, 3.8) is 0 Å². The summed E-state index contributed by atoms with van der Waals surface area (Å²) in [6.45, 7) is 4.26. The van der Waals surface area contributed by atoms with Gasteiger partial charge in [-0.05, 0) is 44.4 Å². The van der Waals surface area contributed by atoms with Crippen molar-refractivity contribution in [3.05, 3.63) is 29.7 Å². The van der Waals surface area contributed by atoms with E-state index in [4.69, 9.17) is 4.74 Å². The largest absolute Gasteiger partial charge is 0.465 e. The van der Waals surface area contributed by atoms with Gasteiger partial charge >= 0.3 is 5.97 Å². The summed E-state index contributed by atoms with van der Waals surface area (Å²) in [5, 5.41) is 8.52. The summed E-state index contributed by atoms with van der Waals surface area (Å²) in [5.74, 6) is 0.566. The molecule has 1 aliphatic rings. The number of carbonyl (C=O) groups excluding carboxylic acids is 1. The number of carbonyl (C=O) groups is 1. The topological polar surface area (TPSA) is 56.5 Å². The van der Waals surface area contributed by atoms with Crippen LogP contribution in [0.25, 0.3) is 5.65 Å². The Morgan fingerprint density at radius 3 is 2.85 bits per heavy atom. The zero-order chi connectivity index (χ0) is 14.2. The third-order valence-electron chi connectivity index (χ3n) is 4.12. The van der Waals surface area contributed by atoms with Crippen LogP contribution in [0, 0.1) is 6.92 Å². The smallest absolute Gasteiger partial charge is 0.319 e. The van der Waals surface area contributed by atoms with Crippen LogP contribution in [0.1, 0.15) is 44.0 Å². The molecule has 20 heavy (non-hydrogen) atoms. The number of aryl methyl sites for hydroxylation is 1. The van der Waals surface area contributed by atoms with E-state index >= 15 is 0 Å². The minimum absolute atomic E-state index is 0.160. The third kappa shape index (κ3) is 1.88. The van der Waals surface area contributed by atoms with Crippen LogP contribution in [0.4, 0.5) is 0 Å². The summed E-state index contributed by atoms with van der Waals surface area (Å²) in [6, 6.07) is 3.98. The fraction of sp³-hybridized carbons (Fsp3) is 0.533. The van der Waals surface area contributed by atoms with Crippen LogP contribution < -0.4 is 0 Å². The Balaban J connectivity index is 2.12. The zero-order valence-electron chi connectivity index (χ0n) is 11.9. The Morgan fingerprint density at radius 2 is 2.15 bits per heavy atom. The molecule has 0 aromatic carbocycles. The molecule has 0 atom stereocenters. The number of aromatic nitrogens is 3. The molecule has 0 spiro atoms. The van der Waals surface area contributed by atoms with Crippen LogP contribution in [0.5, 0.6) is 0 Å². The molecule has 0 amide bonds. The molecule has 1 saturated carbocycles. The lowest BCUT2D eigenvalue weighted by molar-refractivity contribution is -0.150. The molecule has 0 radical (unpaired) electrons. The second kappa shape index (κ2) is 4.89. The highest BCUT2D eigenvalue weighted by molar-refractivity contribution is 5.82. The van der Waals surface area contributed by atoms with Crippen LogP contribution in [-0.2, 0) is 14.9 Å². The van der Waals surface area contributed by atoms with Gasteiger partial charge in [-0.3, -0.25) is 9.20 Å². The first kappa shape index (κ1) is 13.1. The maximum atomic E-state index is 12.5. The monoisotopic (exact) mass is 273 g/mol. The molecule has 0 N–H and O–H groups in total. The summed E-state index contributed by atoms with van der Waals surface area (Å²) >= 11 is 0. The van der Waals surface area contributed by atoms with Crippen LogP contribution in [-0.4, -0.2) is 27.2 Å². The standard InChI is InChI=1S/C15H19N3O2/c1-3-20-14(19)15(7-4-5-8-15)13-17-16-12-10-11(2)6-9-18(12)13/h6,9-10H,3-5,7-8H2,1-2H3. The number of fused-ring (bicyclic) bond motifs is 1. The molecule has 0 aliphatic heterocycles. The van der Waals surface area contributed by atoms with Crippen LogP contribution in [0.15, 0.2) is 18.3 Å². The molecule has 5 nitrogen and oxygen atoms in total. The fourth-order valence-electron chi connectivity index (χ4n) is 3.09. The number of esters is 1. The molecule has 0 bridgehead atoms. The van der Waals surface area contributed by atoms with E-state index in [-0.39, 0.29) is 5.97 Å². The zero-order valence-corrected chi connectivity index (χ0v) is 11.9. The van der Waals surface area contributed by atoms with Gasteiger partial charge in [0.25, 0.3) is 0 Å². The minimum Gasteiger partial charge on any atom is -0.465 e. The Bertz CT molecular complexity index is 642. The van der Waals surface area contributed by atoms with Gasteiger partial charge in [-0.15, -0.1) is 10.2 Å². The molecule has 2 heterocycles. The van der Waals surface area contributed by atoms with Crippen LogP contribution in [0.3, 0.4) is 0 Å². The van der Waals surface area contributed by atoms with Gasteiger partial charge in [0.1, 0.15) is 5.41 Å². The van der Waals surface area contributed by atoms with E-state index in [9.17, 15) is 4.79 Å². The number of ether oxygens (including phenoxy) is 1. The van der Waals surface area contributed by atoms with Gasteiger partial charge in [-0.1, -0.05) is 12.8 Å². The van der Waals surface area contributed by atoms with E-state index in [1.807, 2.05) is 36.6 Å². The highest BCUT2D eigenvalue weighted by Gasteiger charge is 2.47. The highest BCUT2D eigenvalue weighted by Crippen LogP contribution is 2.41. The maximum absolute atomic E-state index is 12.5. The Hall–Kier alpha value is -1.91. The van der Waals surface area contributed by atoms with Crippen molar-refractivity contribution in [1.29, 1.82) is 0 Å². The molecule has 2 aromatic heterocycles. The molecule has 1 aliphatic carbocycles. The average Bonchev–Trinajstić information content (AvgIpc) is 3.05. The molecule has 106 valence electrons. The predicted octanol–water partition coefficient (Wildman–Crippen LogP) is 2.41. The first-order chi connectivity index (χ1) is 9.67. The van der Waals surface area contributed by atoms with E-state index < -0.39 is 5.41 Å². The van der Waals surface area contributed by atoms with Crippen molar-refractivity contribution < 1.29 is 9.53 Å². The first-order valence-corrected chi connectivity index (χ1v) is 7.16. The van der Waals surface area contributed by atoms with Crippen molar-refractivity contribution in [2.45, 2.75) is 44.9 Å². The molecule has 2 aromatic rings. The van der Waals surface area contributed by atoms with E-state index in [2.05, 4.69) is 10.2 Å². The highest BCUT2D eigenvalue weighted by atomic mass is 16.5. The Morgan fingerprint density at radius 1 is 1.40 bits per heavy atom. The number of hydrogen-bond donors (Lipinski definition) is 0. The summed E-state index contributed by atoms with van der Waals surface area (Å²) in [4.78, 5) is 12.5. The van der Waals surface area contributed by atoms with Crippen LogP contribution >= 0.6 is 0 Å².